The highest BCUT2D eigenvalue weighted by atomic mass is 32.1. The van der Waals surface area contributed by atoms with Gasteiger partial charge in [-0.15, -0.1) is 0 Å². The van der Waals surface area contributed by atoms with Crippen molar-refractivity contribution in [1.82, 2.24) is 0 Å². The molecule has 0 unspecified atom stereocenters. The Hall–Kier alpha value is -2.47. The molecule has 22 heavy (non-hydrogen) atoms. The average molecular weight is 315 g/mol. The minimum Gasteiger partial charge on any atom is -0.332 e. The Labute approximate surface area is 134 Å². The number of thiocarbonyl (C=S) groups is 1. The van der Waals surface area contributed by atoms with Gasteiger partial charge in [-0.25, -0.2) is 0 Å². The van der Waals surface area contributed by atoms with Crippen molar-refractivity contribution < 1.29 is 4.92 Å². The second kappa shape index (κ2) is 6.53. The molecular weight excluding hydrogens is 298 g/mol. The minimum atomic E-state index is -0.421. The van der Waals surface area contributed by atoms with Crippen molar-refractivity contribution in [3.63, 3.8) is 0 Å². The van der Waals surface area contributed by atoms with Crippen molar-refractivity contribution in [1.29, 1.82) is 0 Å². The largest absolute Gasteiger partial charge is 0.332 e. The number of nitrogens with zero attached hydrogens (tertiary/aromatic N) is 1. The van der Waals surface area contributed by atoms with E-state index in [-0.39, 0.29) is 5.69 Å². The lowest BCUT2D eigenvalue weighted by Gasteiger charge is -2.13. The maximum Gasteiger partial charge on any atom is 0.292 e. The quantitative estimate of drug-likeness (QED) is 0.501. The lowest BCUT2D eigenvalue weighted by Crippen LogP contribution is -2.20. The van der Waals surface area contributed by atoms with Gasteiger partial charge in [0, 0.05) is 11.8 Å². The van der Waals surface area contributed by atoms with E-state index in [1.54, 1.807) is 12.1 Å². The van der Waals surface area contributed by atoms with Crippen molar-refractivity contribution in [2.24, 2.45) is 0 Å². The Balaban J connectivity index is 2.19. The van der Waals surface area contributed by atoms with Crippen LogP contribution in [0.3, 0.4) is 0 Å². The second-order valence-corrected chi connectivity index (χ2v) is 5.58. The van der Waals surface area contributed by atoms with E-state index >= 15 is 0 Å². The molecule has 0 aliphatic rings. The van der Waals surface area contributed by atoms with Crippen molar-refractivity contribution in [3.05, 3.63) is 63.2 Å². The fourth-order valence-corrected chi connectivity index (χ4v) is 2.26. The summed E-state index contributed by atoms with van der Waals surface area (Å²) < 4.78 is 0. The molecule has 0 aliphatic heterocycles. The van der Waals surface area contributed by atoms with Gasteiger partial charge in [-0.3, -0.25) is 10.1 Å². The van der Waals surface area contributed by atoms with Crippen molar-refractivity contribution >= 4 is 34.4 Å². The number of nitro groups is 1. The number of hydrogen-bond donors (Lipinski definition) is 2. The molecule has 0 fully saturated rings. The Morgan fingerprint density at radius 1 is 1.00 bits per heavy atom. The van der Waals surface area contributed by atoms with Gasteiger partial charge < -0.3 is 10.6 Å². The standard InChI is InChI=1S/C16H17N3O2S/c1-10-4-6-12(3)14(8-10)18-16(22)17-13-7-5-11(2)9-15(13)19(20)21/h4-9H,1-3H3,(H2,17,18,22). The summed E-state index contributed by atoms with van der Waals surface area (Å²) in [6.07, 6.45) is 0. The third kappa shape index (κ3) is 3.79. The summed E-state index contributed by atoms with van der Waals surface area (Å²) in [4.78, 5) is 10.7. The summed E-state index contributed by atoms with van der Waals surface area (Å²) in [5.74, 6) is 0. The SMILES string of the molecule is Cc1ccc(C)c(NC(=S)Nc2ccc(C)cc2[N+](=O)[O-])c1. The molecule has 0 spiro atoms. The van der Waals surface area contributed by atoms with Gasteiger partial charge >= 0.3 is 0 Å². The van der Waals surface area contributed by atoms with E-state index in [4.69, 9.17) is 12.2 Å². The lowest BCUT2D eigenvalue weighted by molar-refractivity contribution is -0.383. The smallest absolute Gasteiger partial charge is 0.292 e. The molecule has 0 amide bonds. The van der Waals surface area contributed by atoms with Crippen molar-refractivity contribution in [3.8, 4) is 0 Å². The van der Waals surface area contributed by atoms with Crippen LogP contribution in [0.15, 0.2) is 36.4 Å². The third-order valence-corrected chi connectivity index (χ3v) is 3.44. The molecule has 5 nitrogen and oxygen atoms in total. The summed E-state index contributed by atoms with van der Waals surface area (Å²) in [7, 11) is 0. The van der Waals surface area contributed by atoms with Gasteiger partial charge in [0.1, 0.15) is 5.69 Å². The molecule has 2 N–H and O–H groups in total. The monoisotopic (exact) mass is 315 g/mol. The summed E-state index contributed by atoms with van der Waals surface area (Å²) in [5.41, 5.74) is 4.24. The zero-order chi connectivity index (χ0) is 16.3. The van der Waals surface area contributed by atoms with Crippen LogP contribution < -0.4 is 10.6 Å². The highest BCUT2D eigenvalue weighted by Gasteiger charge is 2.14. The zero-order valence-corrected chi connectivity index (χ0v) is 13.5. The van der Waals surface area contributed by atoms with Crippen LogP contribution in [0.4, 0.5) is 17.1 Å². The summed E-state index contributed by atoms with van der Waals surface area (Å²) in [5, 5.41) is 17.4. The molecule has 114 valence electrons. The van der Waals surface area contributed by atoms with Gasteiger partial charge in [0.15, 0.2) is 5.11 Å². The van der Waals surface area contributed by atoms with Crippen LogP contribution in [-0.2, 0) is 0 Å². The molecule has 0 atom stereocenters. The first-order valence-corrected chi connectivity index (χ1v) is 7.18. The Bertz CT molecular complexity index is 744. The zero-order valence-electron chi connectivity index (χ0n) is 12.6. The molecule has 6 heteroatoms. The molecule has 0 heterocycles. The van der Waals surface area contributed by atoms with Gasteiger partial charge in [-0.05, 0) is 61.8 Å². The molecule has 0 radical (unpaired) electrons. The molecule has 0 bridgehead atoms. The van der Waals surface area contributed by atoms with Crippen molar-refractivity contribution in [2.75, 3.05) is 10.6 Å². The predicted octanol–water partition coefficient (Wildman–Crippen LogP) is 4.33. The van der Waals surface area contributed by atoms with Crippen LogP contribution >= 0.6 is 12.2 Å². The van der Waals surface area contributed by atoms with Crippen LogP contribution in [0, 0.1) is 30.9 Å². The van der Waals surface area contributed by atoms with E-state index in [1.807, 2.05) is 39.0 Å². The number of aryl methyl sites for hydroxylation is 3. The Morgan fingerprint density at radius 2 is 1.59 bits per heavy atom. The topological polar surface area (TPSA) is 67.2 Å². The van der Waals surface area contributed by atoms with Crippen molar-refractivity contribution in [2.45, 2.75) is 20.8 Å². The number of rotatable bonds is 3. The summed E-state index contributed by atoms with van der Waals surface area (Å²) >= 11 is 5.26. The molecule has 0 aromatic heterocycles. The normalized spacial score (nSPS) is 10.1. The van der Waals surface area contributed by atoms with Gasteiger partial charge in [-0.2, -0.15) is 0 Å². The first-order chi connectivity index (χ1) is 10.4. The lowest BCUT2D eigenvalue weighted by atomic mass is 10.1. The Morgan fingerprint density at radius 3 is 2.27 bits per heavy atom. The molecule has 2 aromatic rings. The third-order valence-electron chi connectivity index (χ3n) is 3.24. The van der Waals surface area contributed by atoms with Gasteiger partial charge in [0.2, 0.25) is 0 Å². The number of nitro benzene ring substituents is 1. The Kier molecular flexibility index (Phi) is 4.72. The molecule has 0 aliphatic carbocycles. The van der Waals surface area contributed by atoms with E-state index in [0.717, 1.165) is 22.4 Å². The fourth-order valence-electron chi connectivity index (χ4n) is 2.04. The summed E-state index contributed by atoms with van der Waals surface area (Å²) in [6.45, 7) is 5.77. The van der Waals surface area contributed by atoms with Crippen LogP contribution in [0.5, 0.6) is 0 Å². The van der Waals surface area contributed by atoms with Gasteiger partial charge in [-0.1, -0.05) is 18.2 Å². The highest BCUT2D eigenvalue weighted by molar-refractivity contribution is 7.80. The fraction of sp³-hybridized carbons (Fsp3) is 0.188. The molecule has 0 saturated carbocycles. The van der Waals surface area contributed by atoms with Crippen LogP contribution in [0.2, 0.25) is 0 Å². The number of nitrogens with one attached hydrogen (secondary N) is 2. The first-order valence-electron chi connectivity index (χ1n) is 6.77. The van der Waals surface area contributed by atoms with Crippen LogP contribution in [0.25, 0.3) is 0 Å². The van der Waals surface area contributed by atoms with E-state index < -0.39 is 4.92 Å². The maximum absolute atomic E-state index is 11.1. The van der Waals surface area contributed by atoms with E-state index in [1.165, 1.54) is 6.07 Å². The first kappa shape index (κ1) is 15.9. The number of benzene rings is 2. The van der Waals surface area contributed by atoms with Crippen LogP contribution in [0.1, 0.15) is 16.7 Å². The maximum atomic E-state index is 11.1. The molecule has 2 aromatic carbocycles. The van der Waals surface area contributed by atoms with Crippen LogP contribution in [-0.4, -0.2) is 10.0 Å². The second-order valence-electron chi connectivity index (χ2n) is 5.18. The average Bonchev–Trinajstić information content (AvgIpc) is 2.44. The van der Waals surface area contributed by atoms with Gasteiger partial charge in [0.25, 0.3) is 5.69 Å². The summed E-state index contributed by atoms with van der Waals surface area (Å²) in [6, 6.07) is 11.0. The minimum absolute atomic E-state index is 0.00474. The number of hydrogen-bond acceptors (Lipinski definition) is 3. The molecular formula is C16H17N3O2S. The van der Waals surface area contributed by atoms with E-state index in [9.17, 15) is 10.1 Å². The van der Waals surface area contributed by atoms with E-state index in [2.05, 4.69) is 10.6 Å². The van der Waals surface area contributed by atoms with Gasteiger partial charge in [0.05, 0.1) is 4.92 Å². The predicted molar refractivity (Wildman–Crippen MR) is 93.6 cm³/mol. The van der Waals surface area contributed by atoms with E-state index in [0.29, 0.717) is 10.8 Å². The highest BCUT2D eigenvalue weighted by Crippen LogP contribution is 2.25. The molecule has 0 saturated heterocycles. The number of anilines is 2. The molecule has 2 rings (SSSR count).